The number of likely N-dealkylation sites (tertiary alicyclic amines) is 2. The van der Waals surface area contributed by atoms with Crippen molar-refractivity contribution in [3.05, 3.63) is 64.7 Å². The summed E-state index contributed by atoms with van der Waals surface area (Å²) in [6.07, 6.45) is 2.00. The Morgan fingerprint density at radius 2 is 1.60 bits per heavy atom. The van der Waals surface area contributed by atoms with Crippen LogP contribution in [0.2, 0.25) is 0 Å². The van der Waals surface area contributed by atoms with Crippen molar-refractivity contribution in [2.75, 3.05) is 27.3 Å². The molecule has 2 heterocycles. The van der Waals surface area contributed by atoms with Crippen LogP contribution in [-0.4, -0.2) is 61.4 Å². The summed E-state index contributed by atoms with van der Waals surface area (Å²) in [4.78, 5) is 28.4. The van der Waals surface area contributed by atoms with Crippen molar-refractivity contribution in [3.8, 4) is 0 Å². The average Bonchev–Trinajstić information content (AvgIpc) is 3.58. The van der Waals surface area contributed by atoms with Crippen LogP contribution in [0, 0.1) is 0 Å². The fourth-order valence-electron chi connectivity index (χ4n) is 6.80. The molecule has 2 N–H and O–H groups in total. The molecule has 0 unspecified atom stereocenters. The molecule has 2 fully saturated rings. The van der Waals surface area contributed by atoms with Gasteiger partial charge in [-0.1, -0.05) is 36.4 Å². The topological polar surface area (TPSA) is 110 Å². The van der Waals surface area contributed by atoms with E-state index in [4.69, 9.17) is 25.4 Å². The Morgan fingerprint density at radius 1 is 0.914 bits per heavy atom. The molecule has 4 atom stereocenters. The number of ether oxygens (including phenoxy) is 2. The van der Waals surface area contributed by atoms with E-state index in [0.29, 0.717) is 32.4 Å². The number of nitrogens with two attached hydrogens (primary N) is 1. The zero-order valence-electron chi connectivity index (χ0n) is 19.9. The smallest absolute Gasteiger partial charge is 0.409 e. The molecule has 2 amide bonds. The third kappa shape index (κ3) is 2.97. The lowest BCUT2D eigenvalue weighted by molar-refractivity contribution is 0.112. The number of benzene rings is 2. The lowest BCUT2D eigenvalue weighted by Gasteiger charge is -2.28. The Balaban J connectivity index is 1.39. The van der Waals surface area contributed by atoms with Crippen LogP contribution in [0.4, 0.5) is 15.3 Å². The van der Waals surface area contributed by atoms with E-state index >= 15 is 0 Å². The standard InChI is InChI=1S/C26H29N5O4/c1-34-23(32)30-12-10-25(27)19-8-5-9-20(17(19)15-21(25)30)28-29-26-11-13-31(24(33)35-2)22(26)14-16-6-3-4-7-18(16)26/h3-9,21-22H,10-15,27H2,1-2H3/t21-,22-,25-,26-/m0/s1. The molecular weight excluding hydrogens is 446 g/mol. The quantitative estimate of drug-likeness (QED) is 0.667. The van der Waals surface area contributed by atoms with Gasteiger partial charge in [0.05, 0.1) is 37.5 Å². The van der Waals surface area contributed by atoms with Gasteiger partial charge in [-0.05, 0) is 54.0 Å². The van der Waals surface area contributed by atoms with Gasteiger partial charge in [-0.25, -0.2) is 9.59 Å². The molecule has 0 radical (unpaired) electrons. The minimum atomic E-state index is -0.620. The summed E-state index contributed by atoms with van der Waals surface area (Å²) in [5.74, 6) is 0. The predicted molar refractivity (Wildman–Crippen MR) is 127 cm³/mol. The van der Waals surface area contributed by atoms with Crippen LogP contribution in [0.15, 0.2) is 52.7 Å². The van der Waals surface area contributed by atoms with Crippen molar-refractivity contribution >= 4 is 17.9 Å². The molecule has 182 valence electrons. The van der Waals surface area contributed by atoms with Gasteiger partial charge < -0.3 is 25.0 Å². The van der Waals surface area contributed by atoms with Gasteiger partial charge in [0.2, 0.25) is 0 Å². The van der Waals surface area contributed by atoms with E-state index in [0.717, 1.165) is 28.8 Å². The molecule has 0 spiro atoms. The predicted octanol–water partition coefficient (Wildman–Crippen LogP) is 3.61. The number of hydrogen-bond acceptors (Lipinski definition) is 7. The van der Waals surface area contributed by atoms with Crippen LogP contribution in [0.25, 0.3) is 0 Å². The summed E-state index contributed by atoms with van der Waals surface area (Å²) in [5, 5.41) is 9.81. The van der Waals surface area contributed by atoms with Crippen molar-refractivity contribution in [2.45, 2.75) is 48.8 Å². The number of amides is 2. The second kappa shape index (κ2) is 7.78. The summed E-state index contributed by atoms with van der Waals surface area (Å²) in [5.41, 5.74) is 10.8. The first-order valence-electron chi connectivity index (χ1n) is 12.0. The Hall–Kier alpha value is -3.46. The van der Waals surface area contributed by atoms with Crippen LogP contribution in [0.3, 0.4) is 0 Å². The zero-order valence-corrected chi connectivity index (χ0v) is 19.9. The Labute approximate surface area is 203 Å². The fraction of sp³-hybridized carbons (Fsp3) is 0.462. The van der Waals surface area contributed by atoms with E-state index < -0.39 is 11.1 Å². The van der Waals surface area contributed by atoms with Crippen molar-refractivity contribution in [2.24, 2.45) is 16.0 Å². The highest BCUT2D eigenvalue weighted by Gasteiger charge is 2.57. The van der Waals surface area contributed by atoms with E-state index in [-0.39, 0.29) is 24.3 Å². The van der Waals surface area contributed by atoms with Gasteiger partial charge in [0.25, 0.3) is 0 Å². The largest absolute Gasteiger partial charge is 0.453 e. The summed E-state index contributed by atoms with van der Waals surface area (Å²) in [6.45, 7) is 1.14. The van der Waals surface area contributed by atoms with Gasteiger partial charge in [-0.15, -0.1) is 0 Å². The molecule has 4 aliphatic rings. The van der Waals surface area contributed by atoms with Gasteiger partial charge in [0, 0.05) is 13.1 Å². The lowest BCUT2D eigenvalue weighted by atomic mass is 9.89. The molecule has 0 bridgehead atoms. The number of carbonyl (C=O) groups excluding carboxylic acids is 2. The highest BCUT2D eigenvalue weighted by Crippen LogP contribution is 2.51. The van der Waals surface area contributed by atoms with E-state index in [1.807, 2.05) is 30.3 Å². The van der Waals surface area contributed by atoms with Crippen LogP contribution in [0.1, 0.15) is 35.1 Å². The summed E-state index contributed by atoms with van der Waals surface area (Å²) in [6, 6.07) is 13.9. The van der Waals surface area contributed by atoms with Gasteiger partial charge in [-0.2, -0.15) is 10.2 Å². The van der Waals surface area contributed by atoms with Crippen molar-refractivity contribution in [1.29, 1.82) is 0 Å². The number of azo groups is 1. The molecule has 2 aromatic rings. The molecule has 2 saturated heterocycles. The van der Waals surface area contributed by atoms with E-state index in [2.05, 4.69) is 12.1 Å². The maximum absolute atomic E-state index is 12.5. The van der Waals surface area contributed by atoms with Crippen LogP contribution in [0.5, 0.6) is 0 Å². The Bertz CT molecular complexity index is 1250. The highest BCUT2D eigenvalue weighted by molar-refractivity contribution is 5.71. The number of nitrogens with zero attached hydrogens (tertiary/aromatic N) is 4. The number of fused-ring (bicyclic) bond motifs is 6. The highest BCUT2D eigenvalue weighted by atomic mass is 16.5. The van der Waals surface area contributed by atoms with Gasteiger partial charge in [0.15, 0.2) is 0 Å². The van der Waals surface area contributed by atoms with E-state index in [9.17, 15) is 9.59 Å². The Morgan fingerprint density at radius 3 is 2.37 bits per heavy atom. The van der Waals surface area contributed by atoms with Gasteiger partial charge in [-0.3, -0.25) is 0 Å². The molecular formula is C26H29N5O4. The first-order valence-corrected chi connectivity index (χ1v) is 12.0. The van der Waals surface area contributed by atoms with Crippen molar-refractivity contribution < 1.29 is 19.1 Å². The first kappa shape index (κ1) is 22.0. The molecule has 0 saturated carbocycles. The summed E-state index contributed by atoms with van der Waals surface area (Å²) in [7, 11) is 2.81. The number of rotatable bonds is 2. The first-order chi connectivity index (χ1) is 16.9. The second-order valence-corrected chi connectivity index (χ2v) is 9.89. The maximum atomic E-state index is 12.5. The van der Waals surface area contributed by atoms with Crippen LogP contribution in [-0.2, 0) is 33.4 Å². The minimum absolute atomic E-state index is 0.136. The Kier molecular flexibility index (Phi) is 4.90. The van der Waals surface area contributed by atoms with Crippen LogP contribution >= 0.6 is 0 Å². The molecule has 9 nitrogen and oxygen atoms in total. The van der Waals surface area contributed by atoms with Crippen molar-refractivity contribution in [3.63, 3.8) is 0 Å². The normalized spacial score (nSPS) is 30.3. The molecule has 2 aliphatic heterocycles. The van der Waals surface area contributed by atoms with Gasteiger partial charge >= 0.3 is 12.2 Å². The minimum Gasteiger partial charge on any atom is -0.453 e. The third-order valence-corrected chi connectivity index (χ3v) is 8.50. The van der Waals surface area contributed by atoms with Crippen molar-refractivity contribution in [1.82, 2.24) is 9.80 Å². The molecule has 35 heavy (non-hydrogen) atoms. The zero-order chi connectivity index (χ0) is 24.4. The summed E-state index contributed by atoms with van der Waals surface area (Å²) < 4.78 is 10.1. The van der Waals surface area contributed by atoms with Gasteiger partial charge in [0.1, 0.15) is 5.54 Å². The second-order valence-electron chi connectivity index (χ2n) is 9.89. The number of carbonyl (C=O) groups is 2. The maximum Gasteiger partial charge on any atom is 0.409 e. The molecule has 0 aromatic heterocycles. The number of hydrogen-bond donors (Lipinski definition) is 1. The molecule has 9 heteroatoms. The molecule has 2 aliphatic carbocycles. The molecule has 2 aromatic carbocycles. The SMILES string of the molecule is COC(=O)N1CC[C@]2(N=Nc3cccc4c3C[C@@H]3N(C(=O)OC)CC[C@]43N)c3ccccc3C[C@H]12. The van der Waals surface area contributed by atoms with Crippen LogP contribution < -0.4 is 5.73 Å². The third-order valence-electron chi connectivity index (χ3n) is 8.50. The lowest BCUT2D eigenvalue weighted by Crippen LogP contribution is -2.47. The van der Waals surface area contributed by atoms with E-state index in [1.54, 1.807) is 9.80 Å². The average molecular weight is 476 g/mol. The van der Waals surface area contributed by atoms with E-state index in [1.165, 1.54) is 19.8 Å². The fourth-order valence-corrected chi connectivity index (χ4v) is 6.80. The monoisotopic (exact) mass is 475 g/mol. The number of methoxy groups -OCH3 is 2. The summed E-state index contributed by atoms with van der Waals surface area (Å²) >= 11 is 0. The molecule has 6 rings (SSSR count).